The third-order valence-corrected chi connectivity index (χ3v) is 3.00. The Morgan fingerprint density at radius 2 is 2.05 bits per heavy atom. The van der Waals surface area contributed by atoms with Crippen molar-refractivity contribution in [2.24, 2.45) is 0 Å². The van der Waals surface area contributed by atoms with Crippen LogP contribution in [0, 0.1) is 0 Å². The van der Waals surface area contributed by atoms with Crippen molar-refractivity contribution >= 4 is 17.5 Å². The first-order valence-electron chi connectivity index (χ1n) is 6.25. The summed E-state index contributed by atoms with van der Waals surface area (Å²) in [6, 6.07) is 9.14. The van der Waals surface area contributed by atoms with Gasteiger partial charge in [-0.05, 0) is 30.2 Å². The van der Waals surface area contributed by atoms with Gasteiger partial charge in [-0.25, -0.2) is 0 Å². The van der Waals surface area contributed by atoms with Gasteiger partial charge in [0.25, 0.3) is 5.91 Å². The van der Waals surface area contributed by atoms with Crippen molar-refractivity contribution in [3.8, 4) is 0 Å². The number of rotatable bonds is 5. The first-order chi connectivity index (χ1) is 9.20. The fourth-order valence-electron chi connectivity index (χ4n) is 1.79. The van der Waals surface area contributed by atoms with Gasteiger partial charge >= 0.3 is 0 Å². The van der Waals surface area contributed by atoms with E-state index in [0.29, 0.717) is 17.3 Å². The molecule has 0 radical (unpaired) electrons. The topological polar surface area (TPSA) is 46.9 Å². The fourth-order valence-corrected chi connectivity index (χ4v) is 1.92. The highest BCUT2D eigenvalue weighted by Crippen LogP contribution is 2.09. The van der Waals surface area contributed by atoms with E-state index in [9.17, 15) is 4.79 Å². The zero-order valence-electron chi connectivity index (χ0n) is 10.8. The second kappa shape index (κ2) is 6.38. The van der Waals surface area contributed by atoms with Gasteiger partial charge in [-0.15, -0.1) is 0 Å². The molecule has 4 nitrogen and oxygen atoms in total. The van der Waals surface area contributed by atoms with Crippen LogP contribution in [0.2, 0.25) is 5.02 Å². The molecular weight excluding hydrogens is 262 g/mol. The molecule has 0 saturated carbocycles. The molecule has 1 aromatic heterocycles. The average molecular weight is 278 g/mol. The zero-order valence-corrected chi connectivity index (χ0v) is 11.5. The van der Waals surface area contributed by atoms with Crippen LogP contribution in [0.15, 0.2) is 36.5 Å². The maximum Gasteiger partial charge on any atom is 0.269 e. The molecule has 1 amide bonds. The van der Waals surface area contributed by atoms with Crippen LogP contribution in [0.25, 0.3) is 0 Å². The highest BCUT2D eigenvalue weighted by atomic mass is 35.5. The second-order valence-corrected chi connectivity index (χ2v) is 4.69. The molecule has 5 heteroatoms. The lowest BCUT2D eigenvalue weighted by Crippen LogP contribution is -2.25. The first kappa shape index (κ1) is 13.6. The molecule has 0 aliphatic carbocycles. The predicted octanol–water partition coefficient (Wildman–Crippen LogP) is 2.88. The molecule has 19 heavy (non-hydrogen) atoms. The number of carbonyl (C=O) groups excluding carboxylic acids is 1. The van der Waals surface area contributed by atoms with E-state index in [1.807, 2.05) is 24.3 Å². The van der Waals surface area contributed by atoms with Gasteiger partial charge in [-0.3, -0.25) is 9.48 Å². The second-order valence-electron chi connectivity index (χ2n) is 4.25. The van der Waals surface area contributed by atoms with E-state index < -0.39 is 0 Å². The monoisotopic (exact) mass is 277 g/mol. The van der Waals surface area contributed by atoms with Crippen molar-refractivity contribution in [2.75, 3.05) is 0 Å². The van der Waals surface area contributed by atoms with Crippen LogP contribution in [-0.4, -0.2) is 15.7 Å². The number of amides is 1. The first-order valence-corrected chi connectivity index (χ1v) is 6.63. The van der Waals surface area contributed by atoms with E-state index >= 15 is 0 Å². The summed E-state index contributed by atoms with van der Waals surface area (Å²) in [7, 11) is 0. The normalized spacial score (nSPS) is 10.4. The Bertz CT molecular complexity index is 548. The van der Waals surface area contributed by atoms with Crippen LogP contribution in [0.5, 0.6) is 0 Å². The van der Waals surface area contributed by atoms with Gasteiger partial charge in [0.2, 0.25) is 0 Å². The quantitative estimate of drug-likeness (QED) is 0.913. The van der Waals surface area contributed by atoms with Gasteiger partial charge in [0.1, 0.15) is 5.69 Å². The van der Waals surface area contributed by atoms with E-state index in [1.54, 1.807) is 16.9 Å². The average Bonchev–Trinajstić information content (AvgIpc) is 2.86. The number of carbonyl (C=O) groups is 1. The van der Waals surface area contributed by atoms with Crippen LogP contribution in [0.3, 0.4) is 0 Å². The van der Waals surface area contributed by atoms with E-state index in [1.165, 1.54) is 0 Å². The van der Waals surface area contributed by atoms with Gasteiger partial charge in [0.15, 0.2) is 0 Å². The zero-order chi connectivity index (χ0) is 13.7. The minimum atomic E-state index is -0.110. The van der Waals surface area contributed by atoms with Crippen molar-refractivity contribution in [3.05, 3.63) is 52.8 Å². The molecule has 0 saturated heterocycles. The number of hydrogen-bond acceptors (Lipinski definition) is 2. The highest BCUT2D eigenvalue weighted by molar-refractivity contribution is 6.30. The van der Waals surface area contributed by atoms with E-state index in [4.69, 9.17) is 11.6 Å². The third-order valence-electron chi connectivity index (χ3n) is 2.75. The Morgan fingerprint density at radius 3 is 2.74 bits per heavy atom. The number of hydrogen-bond donors (Lipinski definition) is 1. The predicted molar refractivity (Wildman–Crippen MR) is 75.1 cm³/mol. The van der Waals surface area contributed by atoms with Gasteiger partial charge in [-0.1, -0.05) is 30.7 Å². The van der Waals surface area contributed by atoms with Gasteiger partial charge in [0, 0.05) is 24.3 Å². The maximum atomic E-state index is 12.0. The number of benzene rings is 1. The number of nitrogens with zero attached hydrogens (tertiary/aromatic N) is 2. The Morgan fingerprint density at radius 1 is 1.32 bits per heavy atom. The van der Waals surface area contributed by atoms with Gasteiger partial charge in [0.05, 0.1) is 0 Å². The minimum Gasteiger partial charge on any atom is -0.347 e. The molecule has 1 aromatic carbocycles. The fraction of sp³-hybridized carbons (Fsp3) is 0.286. The van der Waals surface area contributed by atoms with Crippen molar-refractivity contribution in [3.63, 3.8) is 0 Å². The number of aromatic nitrogens is 2. The molecular formula is C14H16ClN3O. The van der Waals surface area contributed by atoms with Crippen molar-refractivity contribution < 1.29 is 4.79 Å². The lowest BCUT2D eigenvalue weighted by atomic mass is 10.2. The van der Waals surface area contributed by atoms with Crippen LogP contribution >= 0.6 is 11.6 Å². The molecule has 0 bridgehead atoms. The Kier molecular flexibility index (Phi) is 4.58. The summed E-state index contributed by atoms with van der Waals surface area (Å²) in [5, 5.41) is 7.70. The Balaban J connectivity index is 1.97. The summed E-state index contributed by atoms with van der Waals surface area (Å²) in [5.74, 6) is -0.110. The van der Waals surface area contributed by atoms with Gasteiger partial charge in [-0.2, -0.15) is 5.10 Å². The molecule has 0 atom stereocenters. The van der Waals surface area contributed by atoms with Crippen molar-refractivity contribution in [1.82, 2.24) is 15.1 Å². The molecule has 0 spiro atoms. The molecule has 0 fully saturated rings. The summed E-state index contributed by atoms with van der Waals surface area (Å²) >= 11 is 5.81. The lowest BCUT2D eigenvalue weighted by molar-refractivity contribution is 0.0940. The van der Waals surface area contributed by atoms with E-state index in [2.05, 4.69) is 17.3 Å². The lowest BCUT2D eigenvalue weighted by Gasteiger charge is -2.07. The number of aryl methyl sites for hydroxylation is 1. The standard InChI is InChI=1S/C14H16ClN3O/c1-2-9-18-13(7-8-17-18)14(19)16-10-11-3-5-12(15)6-4-11/h3-8H,2,9-10H2,1H3,(H,16,19). The molecule has 0 aliphatic rings. The molecule has 0 aliphatic heterocycles. The summed E-state index contributed by atoms with van der Waals surface area (Å²) in [6.45, 7) is 3.28. The van der Waals surface area contributed by atoms with E-state index in [0.717, 1.165) is 18.5 Å². The van der Waals surface area contributed by atoms with Crippen LogP contribution in [0.1, 0.15) is 29.4 Å². The molecule has 1 N–H and O–H groups in total. The maximum absolute atomic E-state index is 12.0. The molecule has 2 rings (SSSR count). The molecule has 0 unspecified atom stereocenters. The van der Waals surface area contributed by atoms with Crippen LogP contribution in [-0.2, 0) is 13.1 Å². The Labute approximate surface area is 117 Å². The van der Waals surface area contributed by atoms with Crippen LogP contribution in [0.4, 0.5) is 0 Å². The Hall–Kier alpha value is -1.81. The molecule has 100 valence electrons. The summed E-state index contributed by atoms with van der Waals surface area (Å²) in [4.78, 5) is 12.0. The summed E-state index contributed by atoms with van der Waals surface area (Å²) in [6.07, 6.45) is 2.59. The SMILES string of the molecule is CCCn1nccc1C(=O)NCc1ccc(Cl)cc1. The molecule has 1 heterocycles. The highest BCUT2D eigenvalue weighted by Gasteiger charge is 2.10. The summed E-state index contributed by atoms with van der Waals surface area (Å²) in [5.41, 5.74) is 1.61. The molecule has 2 aromatic rings. The van der Waals surface area contributed by atoms with Crippen molar-refractivity contribution in [1.29, 1.82) is 0 Å². The summed E-state index contributed by atoms with van der Waals surface area (Å²) < 4.78 is 1.72. The third kappa shape index (κ3) is 3.58. The van der Waals surface area contributed by atoms with Gasteiger partial charge < -0.3 is 5.32 Å². The largest absolute Gasteiger partial charge is 0.347 e. The minimum absolute atomic E-state index is 0.110. The number of nitrogens with one attached hydrogen (secondary N) is 1. The van der Waals surface area contributed by atoms with Crippen molar-refractivity contribution in [2.45, 2.75) is 26.4 Å². The smallest absolute Gasteiger partial charge is 0.269 e. The number of halogens is 1. The van der Waals surface area contributed by atoms with E-state index in [-0.39, 0.29) is 5.91 Å². The van der Waals surface area contributed by atoms with Crippen LogP contribution < -0.4 is 5.32 Å².